The third-order valence-corrected chi connectivity index (χ3v) is 11.4. The molecule has 1 saturated heterocycles. The van der Waals surface area contributed by atoms with E-state index in [4.69, 9.17) is 0 Å². The molecule has 6 nitrogen and oxygen atoms in total. The zero-order valence-electron chi connectivity index (χ0n) is 29.4. The van der Waals surface area contributed by atoms with Gasteiger partial charge in [0.25, 0.3) is 0 Å². The summed E-state index contributed by atoms with van der Waals surface area (Å²) >= 11 is 0. The minimum atomic E-state index is -4.79. The fourth-order valence-corrected chi connectivity index (χ4v) is 8.87. The molecule has 0 bridgehead atoms. The Balaban J connectivity index is 1.34. The largest absolute Gasteiger partial charge is 0.435 e. The van der Waals surface area contributed by atoms with Gasteiger partial charge in [0.05, 0.1) is 16.5 Å². The van der Waals surface area contributed by atoms with Crippen LogP contribution in [-0.4, -0.2) is 36.0 Å². The number of aromatic nitrogens is 3. The molecule has 7 aromatic rings. The van der Waals surface area contributed by atoms with E-state index in [1.54, 1.807) is 36.5 Å². The van der Waals surface area contributed by atoms with Crippen molar-refractivity contribution in [1.29, 1.82) is 0 Å². The Kier molecular flexibility index (Phi) is 9.09. The van der Waals surface area contributed by atoms with Crippen molar-refractivity contribution < 1.29 is 21.6 Å². The zero-order valence-corrected chi connectivity index (χ0v) is 30.2. The Labute approximate surface area is 312 Å². The van der Waals surface area contributed by atoms with E-state index in [1.165, 1.54) is 17.1 Å². The van der Waals surface area contributed by atoms with E-state index in [2.05, 4.69) is 21.4 Å². The first kappa shape index (κ1) is 35.3. The van der Waals surface area contributed by atoms with E-state index in [1.807, 2.05) is 109 Å². The lowest BCUT2D eigenvalue weighted by molar-refractivity contribution is -0.141. The molecule has 1 radical (unpaired) electrons. The monoisotopic (exact) mass is 741 g/mol. The maximum absolute atomic E-state index is 15.3. The second-order valence-electron chi connectivity index (χ2n) is 13.5. The molecule has 54 heavy (non-hydrogen) atoms. The van der Waals surface area contributed by atoms with Crippen LogP contribution < -0.4 is 4.90 Å². The van der Waals surface area contributed by atoms with E-state index in [-0.39, 0.29) is 16.5 Å². The van der Waals surface area contributed by atoms with Gasteiger partial charge in [-0.15, -0.1) is 0 Å². The van der Waals surface area contributed by atoms with Crippen molar-refractivity contribution in [2.24, 2.45) is 0 Å². The summed E-state index contributed by atoms with van der Waals surface area (Å²) in [7, 11) is -3.53. The molecule has 0 spiro atoms. The molecule has 1 atom stereocenters. The molecule has 0 saturated carbocycles. The molecule has 271 valence electrons. The molecule has 10 heteroatoms. The van der Waals surface area contributed by atoms with Gasteiger partial charge in [0.15, 0.2) is 15.5 Å². The van der Waals surface area contributed by atoms with Gasteiger partial charge < -0.3 is 4.90 Å². The number of fused-ring (bicyclic) bond motifs is 1. The van der Waals surface area contributed by atoms with Crippen LogP contribution in [0.25, 0.3) is 22.0 Å². The summed E-state index contributed by atoms with van der Waals surface area (Å²) in [5.41, 5.74) is 2.28. The Morgan fingerprint density at radius 1 is 0.741 bits per heavy atom. The molecule has 8 rings (SSSR count). The van der Waals surface area contributed by atoms with Crippen molar-refractivity contribution in [3.63, 3.8) is 0 Å². The molecule has 1 fully saturated rings. The molecule has 0 N–H and O–H groups in total. The summed E-state index contributed by atoms with van der Waals surface area (Å²) in [6.07, 6.45) is 3.12. The number of rotatable bonds is 8. The topological polar surface area (TPSA) is 68.1 Å². The van der Waals surface area contributed by atoms with E-state index in [0.29, 0.717) is 35.0 Å². The molecule has 1 unspecified atom stereocenters. The lowest BCUT2D eigenvalue weighted by Crippen LogP contribution is -2.38. The highest BCUT2D eigenvalue weighted by atomic mass is 32.2. The van der Waals surface area contributed by atoms with Crippen molar-refractivity contribution in [1.82, 2.24) is 14.8 Å². The fraction of sp³-hybridized carbons (Fsp3) is 0.159. The van der Waals surface area contributed by atoms with Crippen LogP contribution in [0.4, 0.5) is 18.9 Å². The first-order chi connectivity index (χ1) is 26.1. The van der Waals surface area contributed by atoms with Crippen molar-refractivity contribution in [3.05, 3.63) is 186 Å². The lowest BCUT2D eigenvalue weighted by atomic mass is 9.77. The molecule has 1 aliphatic rings. The summed E-state index contributed by atoms with van der Waals surface area (Å²) in [4.78, 5) is 7.00. The van der Waals surface area contributed by atoms with Crippen molar-refractivity contribution in [2.75, 3.05) is 17.7 Å². The van der Waals surface area contributed by atoms with Crippen LogP contribution in [0, 0.1) is 6.42 Å². The number of piperidine rings is 1. The number of sulfone groups is 1. The van der Waals surface area contributed by atoms with Crippen LogP contribution in [0.15, 0.2) is 157 Å². The molecular formula is C44H36F3N4O2S. The third-order valence-electron chi connectivity index (χ3n) is 10.3. The first-order valence-electron chi connectivity index (χ1n) is 17.7. The predicted octanol–water partition coefficient (Wildman–Crippen LogP) is 9.91. The quantitative estimate of drug-likeness (QED) is 0.145. The number of nitrogens with zero attached hydrogens (tertiary/aromatic N) is 4. The number of benzene rings is 5. The van der Waals surface area contributed by atoms with Gasteiger partial charge in [0, 0.05) is 41.8 Å². The number of alkyl halides is 3. The highest BCUT2D eigenvalue weighted by molar-refractivity contribution is 7.90. The molecule has 5 aromatic carbocycles. The number of hydrogen-bond acceptors (Lipinski definition) is 5. The molecule has 3 heterocycles. The number of halogens is 3. The van der Waals surface area contributed by atoms with Gasteiger partial charge in [-0.1, -0.05) is 115 Å². The Bertz CT molecular complexity index is 2440. The third kappa shape index (κ3) is 6.24. The van der Waals surface area contributed by atoms with Crippen LogP contribution in [0.3, 0.4) is 0 Å². The van der Waals surface area contributed by atoms with Gasteiger partial charge in [0.1, 0.15) is 5.54 Å². The van der Waals surface area contributed by atoms with Crippen molar-refractivity contribution in [2.45, 2.75) is 35.5 Å². The Morgan fingerprint density at radius 3 is 1.93 bits per heavy atom. The number of hydrogen-bond donors (Lipinski definition) is 0. The normalized spacial score (nSPS) is 15.4. The van der Waals surface area contributed by atoms with E-state index < -0.39 is 27.2 Å². The SMILES string of the molecule is CS(=O)(=O)c1ccccc1C1C[CH]CCN1c1ccnc2ccc(-c3cn(C(c4ccccc4)(c4ccccc4)c4ccccc4)nc3C(F)(F)F)cc12. The lowest BCUT2D eigenvalue weighted by Gasteiger charge is -2.39. The van der Waals surface area contributed by atoms with E-state index in [9.17, 15) is 8.42 Å². The maximum atomic E-state index is 15.3. The minimum Gasteiger partial charge on any atom is -0.364 e. The van der Waals surface area contributed by atoms with Gasteiger partial charge in [-0.25, -0.2) is 8.42 Å². The van der Waals surface area contributed by atoms with Crippen molar-refractivity contribution >= 4 is 26.4 Å². The smallest absolute Gasteiger partial charge is 0.364 e. The zero-order chi connectivity index (χ0) is 37.5. The number of anilines is 1. The molecular weight excluding hydrogens is 706 g/mol. The van der Waals surface area contributed by atoms with Gasteiger partial charge in [-0.2, -0.15) is 18.3 Å². The standard InChI is InChI=1S/C44H36F3N4O2S/c1-54(52,53)41-23-12-11-21-35(41)39-22-13-14-28-50(39)40-26-27-48-38-25-24-31(29-36(38)40)37-30-51(49-42(37)44(45,46)47)43(32-15-5-2-6-16-32,33-17-7-3-8-18-33)34-19-9-4-10-20-34/h2-13,15-21,23-27,29-30,39H,14,22,28H2,1H3. The van der Waals surface area contributed by atoms with E-state index >= 15 is 13.2 Å². The highest BCUT2D eigenvalue weighted by Gasteiger charge is 2.44. The highest BCUT2D eigenvalue weighted by Crippen LogP contribution is 2.46. The predicted molar refractivity (Wildman–Crippen MR) is 206 cm³/mol. The van der Waals surface area contributed by atoms with Gasteiger partial charge in [-0.05, 0) is 71.3 Å². The number of pyridine rings is 1. The van der Waals surface area contributed by atoms with Crippen LogP contribution in [-0.2, 0) is 21.6 Å². The fourth-order valence-electron chi connectivity index (χ4n) is 7.92. The summed E-state index contributed by atoms with van der Waals surface area (Å²) in [5.74, 6) is 0. The Hall–Kier alpha value is -5.74. The van der Waals surface area contributed by atoms with Gasteiger partial charge in [-0.3, -0.25) is 9.67 Å². The van der Waals surface area contributed by atoms with Gasteiger partial charge in [0.2, 0.25) is 0 Å². The Morgan fingerprint density at radius 2 is 1.33 bits per heavy atom. The average Bonchev–Trinajstić information content (AvgIpc) is 3.66. The summed E-state index contributed by atoms with van der Waals surface area (Å²) in [6, 6.07) is 42.1. The molecule has 0 amide bonds. The molecule has 0 aliphatic carbocycles. The summed E-state index contributed by atoms with van der Waals surface area (Å²) in [6.45, 7) is 0.589. The summed E-state index contributed by atoms with van der Waals surface area (Å²) < 4.78 is 73.0. The second-order valence-corrected chi connectivity index (χ2v) is 15.5. The second kappa shape index (κ2) is 13.9. The van der Waals surface area contributed by atoms with Gasteiger partial charge >= 0.3 is 6.18 Å². The van der Waals surface area contributed by atoms with E-state index in [0.717, 1.165) is 28.8 Å². The minimum absolute atomic E-state index is 0.0719. The van der Waals surface area contributed by atoms with Crippen LogP contribution in [0.5, 0.6) is 0 Å². The van der Waals surface area contributed by atoms with Crippen molar-refractivity contribution in [3.8, 4) is 11.1 Å². The maximum Gasteiger partial charge on any atom is 0.435 e. The summed E-state index contributed by atoms with van der Waals surface area (Å²) in [5, 5.41) is 5.09. The molecule has 1 aliphatic heterocycles. The molecule has 2 aromatic heterocycles. The van der Waals surface area contributed by atoms with Crippen LogP contribution in [0.1, 0.15) is 46.8 Å². The van der Waals surface area contributed by atoms with Crippen LogP contribution in [0.2, 0.25) is 0 Å². The van der Waals surface area contributed by atoms with Crippen LogP contribution >= 0.6 is 0 Å². The first-order valence-corrected chi connectivity index (χ1v) is 19.6. The average molecular weight is 742 g/mol.